The maximum atomic E-state index is 12.1. The monoisotopic (exact) mass is 241 g/mol. The number of piperidine rings is 1. The van der Waals surface area contributed by atoms with Gasteiger partial charge in [-0.2, -0.15) is 0 Å². The third-order valence-electron chi connectivity index (χ3n) is 3.92. The van der Waals surface area contributed by atoms with E-state index in [2.05, 4.69) is 6.92 Å². The molecule has 17 heavy (non-hydrogen) atoms. The number of hydrogen-bond donors (Lipinski definition) is 1. The number of nitrogens with zero attached hydrogens (tertiary/aromatic N) is 1. The lowest BCUT2D eigenvalue weighted by Crippen LogP contribution is -2.43. The zero-order valence-electron chi connectivity index (χ0n) is 10.6. The molecule has 1 unspecified atom stereocenters. The molecule has 0 aromatic carbocycles. The van der Waals surface area contributed by atoms with Gasteiger partial charge < -0.3 is 14.7 Å². The highest BCUT2D eigenvalue weighted by Gasteiger charge is 2.35. The highest BCUT2D eigenvalue weighted by molar-refractivity contribution is 5.79. The van der Waals surface area contributed by atoms with Crippen LogP contribution in [-0.4, -0.2) is 48.3 Å². The van der Waals surface area contributed by atoms with Crippen LogP contribution in [0.4, 0.5) is 0 Å². The van der Waals surface area contributed by atoms with Crippen molar-refractivity contribution in [3.8, 4) is 0 Å². The molecule has 2 rings (SSSR count). The lowest BCUT2D eigenvalue weighted by atomic mass is 10.0. The molecule has 4 nitrogen and oxygen atoms in total. The standard InChI is InChI=1S/C13H23NO3/c1-10(11-2-3-11)13(16)14-6-4-12(5-7-14)17-9-8-15/h10-12,15H,2-9H2,1H3. The first-order valence-electron chi connectivity index (χ1n) is 6.73. The van der Waals surface area contributed by atoms with Crippen molar-refractivity contribution < 1.29 is 14.6 Å². The summed E-state index contributed by atoms with van der Waals surface area (Å²) in [6.45, 7) is 4.18. The fourth-order valence-corrected chi connectivity index (χ4v) is 2.55. The van der Waals surface area contributed by atoms with Crippen molar-refractivity contribution in [2.24, 2.45) is 11.8 Å². The van der Waals surface area contributed by atoms with Gasteiger partial charge in [0.25, 0.3) is 0 Å². The maximum absolute atomic E-state index is 12.1. The van der Waals surface area contributed by atoms with Crippen molar-refractivity contribution >= 4 is 5.91 Å². The van der Waals surface area contributed by atoms with Crippen LogP contribution in [0.25, 0.3) is 0 Å². The van der Waals surface area contributed by atoms with Gasteiger partial charge in [-0.05, 0) is 31.6 Å². The third-order valence-corrected chi connectivity index (χ3v) is 3.92. The van der Waals surface area contributed by atoms with E-state index < -0.39 is 0 Å². The molecule has 0 aromatic heterocycles. The van der Waals surface area contributed by atoms with Crippen LogP contribution in [-0.2, 0) is 9.53 Å². The molecule has 1 aliphatic carbocycles. The summed E-state index contributed by atoms with van der Waals surface area (Å²) >= 11 is 0. The van der Waals surface area contributed by atoms with Crippen LogP contribution in [0.15, 0.2) is 0 Å². The molecule has 0 spiro atoms. The van der Waals surface area contributed by atoms with E-state index in [1.54, 1.807) is 0 Å². The molecule has 1 aliphatic heterocycles. The summed E-state index contributed by atoms with van der Waals surface area (Å²) in [6, 6.07) is 0. The third kappa shape index (κ3) is 3.42. The minimum absolute atomic E-state index is 0.0812. The van der Waals surface area contributed by atoms with Gasteiger partial charge in [0.2, 0.25) is 5.91 Å². The number of aliphatic hydroxyl groups excluding tert-OH is 1. The Morgan fingerprint density at radius 3 is 2.53 bits per heavy atom. The van der Waals surface area contributed by atoms with E-state index >= 15 is 0 Å². The van der Waals surface area contributed by atoms with Gasteiger partial charge in [-0.1, -0.05) is 6.92 Å². The lowest BCUT2D eigenvalue weighted by Gasteiger charge is -2.33. The van der Waals surface area contributed by atoms with Crippen LogP contribution >= 0.6 is 0 Å². The summed E-state index contributed by atoms with van der Waals surface area (Å²) in [5.74, 6) is 1.18. The first-order chi connectivity index (χ1) is 8.22. The van der Waals surface area contributed by atoms with Gasteiger partial charge in [0.15, 0.2) is 0 Å². The molecule has 1 amide bonds. The van der Waals surface area contributed by atoms with Crippen molar-refractivity contribution in [3.05, 3.63) is 0 Å². The largest absolute Gasteiger partial charge is 0.394 e. The van der Waals surface area contributed by atoms with E-state index in [1.165, 1.54) is 12.8 Å². The minimum atomic E-state index is 0.0812. The molecule has 1 atom stereocenters. The van der Waals surface area contributed by atoms with Crippen LogP contribution in [0, 0.1) is 11.8 Å². The Bertz CT molecular complexity index is 257. The topological polar surface area (TPSA) is 49.8 Å². The average Bonchev–Trinajstić information content (AvgIpc) is 3.19. The summed E-state index contributed by atoms with van der Waals surface area (Å²) in [4.78, 5) is 14.1. The van der Waals surface area contributed by atoms with Crippen LogP contribution in [0.5, 0.6) is 0 Å². The van der Waals surface area contributed by atoms with Gasteiger partial charge in [0.1, 0.15) is 0 Å². The molecule has 2 aliphatic rings. The van der Waals surface area contributed by atoms with Crippen LogP contribution < -0.4 is 0 Å². The second kappa shape index (κ2) is 5.83. The van der Waals surface area contributed by atoms with Gasteiger partial charge in [-0.15, -0.1) is 0 Å². The zero-order chi connectivity index (χ0) is 12.3. The van der Waals surface area contributed by atoms with E-state index in [9.17, 15) is 4.79 Å². The quantitative estimate of drug-likeness (QED) is 0.782. The van der Waals surface area contributed by atoms with Crippen LogP contribution in [0.3, 0.4) is 0 Å². The van der Waals surface area contributed by atoms with Crippen LogP contribution in [0.1, 0.15) is 32.6 Å². The summed E-state index contributed by atoms with van der Waals surface area (Å²) in [5, 5.41) is 8.69. The number of rotatable bonds is 5. The van der Waals surface area contributed by atoms with Gasteiger partial charge in [0, 0.05) is 19.0 Å². The van der Waals surface area contributed by atoms with Crippen molar-refractivity contribution in [1.82, 2.24) is 4.90 Å². The highest BCUT2D eigenvalue weighted by Crippen LogP contribution is 2.37. The Morgan fingerprint density at radius 1 is 1.35 bits per heavy atom. The van der Waals surface area contributed by atoms with Gasteiger partial charge in [-0.3, -0.25) is 4.79 Å². The van der Waals surface area contributed by atoms with E-state index in [-0.39, 0.29) is 18.6 Å². The van der Waals surface area contributed by atoms with Gasteiger partial charge >= 0.3 is 0 Å². The number of ether oxygens (including phenoxy) is 1. The molecule has 1 saturated heterocycles. The average molecular weight is 241 g/mol. The second-order valence-electron chi connectivity index (χ2n) is 5.25. The molecular formula is C13H23NO3. The maximum Gasteiger partial charge on any atom is 0.225 e. The predicted molar refractivity (Wildman–Crippen MR) is 64.5 cm³/mol. The van der Waals surface area contributed by atoms with E-state index in [0.29, 0.717) is 18.4 Å². The number of amides is 1. The minimum Gasteiger partial charge on any atom is -0.394 e. The lowest BCUT2D eigenvalue weighted by molar-refractivity contribution is -0.138. The molecule has 2 fully saturated rings. The Kier molecular flexibility index (Phi) is 4.40. The number of likely N-dealkylation sites (tertiary alicyclic amines) is 1. The molecule has 4 heteroatoms. The first kappa shape index (κ1) is 12.8. The fourth-order valence-electron chi connectivity index (χ4n) is 2.55. The second-order valence-corrected chi connectivity index (χ2v) is 5.25. The molecule has 98 valence electrons. The Morgan fingerprint density at radius 2 is 2.00 bits per heavy atom. The molecule has 1 heterocycles. The molecular weight excluding hydrogens is 218 g/mol. The summed E-state index contributed by atoms with van der Waals surface area (Å²) in [5.41, 5.74) is 0. The van der Waals surface area contributed by atoms with Gasteiger partial charge in [-0.25, -0.2) is 0 Å². The predicted octanol–water partition coefficient (Wildman–Crippen LogP) is 1.03. The molecule has 1 N–H and O–H groups in total. The Labute approximate surface area is 103 Å². The number of aliphatic hydroxyl groups is 1. The van der Waals surface area contributed by atoms with Gasteiger partial charge in [0.05, 0.1) is 19.3 Å². The molecule has 0 radical (unpaired) electrons. The number of carbonyl (C=O) groups excluding carboxylic acids is 1. The zero-order valence-corrected chi connectivity index (χ0v) is 10.6. The van der Waals surface area contributed by atoms with Crippen molar-refractivity contribution in [2.75, 3.05) is 26.3 Å². The number of hydrogen-bond acceptors (Lipinski definition) is 3. The van der Waals surface area contributed by atoms with Crippen LogP contribution in [0.2, 0.25) is 0 Å². The fraction of sp³-hybridized carbons (Fsp3) is 0.923. The highest BCUT2D eigenvalue weighted by atomic mass is 16.5. The smallest absolute Gasteiger partial charge is 0.225 e. The summed E-state index contributed by atoms with van der Waals surface area (Å²) < 4.78 is 5.49. The van der Waals surface area contributed by atoms with E-state index in [0.717, 1.165) is 25.9 Å². The molecule has 0 aromatic rings. The Hall–Kier alpha value is -0.610. The molecule has 0 bridgehead atoms. The Balaban J connectivity index is 1.72. The molecule has 1 saturated carbocycles. The normalized spacial score (nSPS) is 23.8. The van der Waals surface area contributed by atoms with E-state index in [4.69, 9.17) is 9.84 Å². The van der Waals surface area contributed by atoms with E-state index in [1.807, 2.05) is 4.90 Å². The summed E-state index contributed by atoms with van der Waals surface area (Å²) in [6.07, 6.45) is 4.49. The van der Waals surface area contributed by atoms with Crippen molar-refractivity contribution in [1.29, 1.82) is 0 Å². The van der Waals surface area contributed by atoms with Crippen molar-refractivity contribution in [2.45, 2.75) is 38.7 Å². The number of carbonyl (C=O) groups is 1. The first-order valence-corrected chi connectivity index (χ1v) is 6.73. The SMILES string of the molecule is CC(C(=O)N1CCC(OCCO)CC1)C1CC1. The van der Waals surface area contributed by atoms with Crippen molar-refractivity contribution in [3.63, 3.8) is 0 Å². The summed E-state index contributed by atoms with van der Waals surface area (Å²) in [7, 11) is 0.